The van der Waals surface area contributed by atoms with Gasteiger partial charge in [-0.1, -0.05) is 23.7 Å². The Morgan fingerprint density at radius 1 is 1.20 bits per heavy atom. The van der Waals surface area contributed by atoms with Crippen molar-refractivity contribution in [1.29, 1.82) is 5.26 Å². The molecule has 0 aliphatic heterocycles. The highest BCUT2D eigenvalue weighted by atomic mass is 35.5. The van der Waals surface area contributed by atoms with Gasteiger partial charge >= 0.3 is 0 Å². The minimum Gasteiger partial charge on any atom is -0.490 e. The van der Waals surface area contributed by atoms with Crippen molar-refractivity contribution in [3.05, 3.63) is 92.7 Å². The number of benzene rings is 3. The molecular weight excluding hydrogens is 477 g/mol. The van der Waals surface area contributed by atoms with E-state index in [0.717, 1.165) is 0 Å². The van der Waals surface area contributed by atoms with E-state index in [0.29, 0.717) is 11.1 Å². The number of nitro benzene ring substituents is 1. The Kier molecular flexibility index (Phi) is 8.38. The number of carbonyl (C=O) groups is 1. The summed E-state index contributed by atoms with van der Waals surface area (Å²) in [5, 5.41) is 23.0. The predicted octanol–water partition coefficient (Wildman–Crippen LogP) is 5.87. The molecule has 0 heterocycles. The number of halogens is 2. The van der Waals surface area contributed by atoms with E-state index >= 15 is 0 Å². The van der Waals surface area contributed by atoms with E-state index in [1.54, 1.807) is 25.1 Å². The van der Waals surface area contributed by atoms with Crippen LogP contribution in [0.15, 0.2) is 60.7 Å². The number of nitrogens with zero attached hydrogens (tertiary/aromatic N) is 2. The summed E-state index contributed by atoms with van der Waals surface area (Å²) >= 11 is 6.38. The number of rotatable bonds is 9. The van der Waals surface area contributed by atoms with Crippen molar-refractivity contribution < 1.29 is 23.6 Å². The Balaban J connectivity index is 1.82. The van der Waals surface area contributed by atoms with Gasteiger partial charge < -0.3 is 14.8 Å². The lowest BCUT2D eigenvalue weighted by Gasteiger charge is -2.15. The topological polar surface area (TPSA) is 114 Å². The number of allylic oxidation sites excluding steroid dienone is 1. The van der Waals surface area contributed by atoms with E-state index in [2.05, 4.69) is 11.4 Å². The Morgan fingerprint density at radius 3 is 2.54 bits per heavy atom. The van der Waals surface area contributed by atoms with Crippen LogP contribution in [0.5, 0.6) is 11.5 Å². The highest BCUT2D eigenvalue weighted by Crippen LogP contribution is 2.38. The molecule has 35 heavy (non-hydrogen) atoms. The zero-order chi connectivity index (χ0) is 25.4. The molecular formula is C25H19ClFN3O5. The molecule has 0 saturated carbocycles. The van der Waals surface area contributed by atoms with Crippen LogP contribution in [0.3, 0.4) is 0 Å². The summed E-state index contributed by atoms with van der Waals surface area (Å²) in [7, 11) is 0. The van der Waals surface area contributed by atoms with Gasteiger partial charge in [-0.3, -0.25) is 14.9 Å². The number of anilines is 1. The summed E-state index contributed by atoms with van der Waals surface area (Å²) in [6, 6.07) is 16.5. The number of nitrogens with one attached hydrogen (secondary N) is 1. The molecule has 8 nitrogen and oxygen atoms in total. The molecule has 0 aliphatic rings. The summed E-state index contributed by atoms with van der Waals surface area (Å²) in [5.74, 6) is -0.817. The Labute approximate surface area is 205 Å². The lowest BCUT2D eigenvalue weighted by molar-refractivity contribution is -0.384. The van der Waals surface area contributed by atoms with Crippen molar-refractivity contribution >= 4 is 40.5 Å². The predicted molar refractivity (Wildman–Crippen MR) is 130 cm³/mol. The van der Waals surface area contributed by atoms with Crippen LogP contribution in [0.1, 0.15) is 18.1 Å². The second-order valence-corrected chi connectivity index (χ2v) is 7.46. The molecule has 178 valence electrons. The molecule has 0 bridgehead atoms. The smallest absolute Gasteiger partial charge is 0.269 e. The SMILES string of the molecule is CCOc1cc(/C=C(\C#N)c2ccc([N+](=O)[O-])cc2)cc(Cl)c1OCC(=O)Nc1ccccc1F. The van der Waals surface area contributed by atoms with Gasteiger partial charge in [0.1, 0.15) is 5.82 Å². The third-order valence-electron chi connectivity index (χ3n) is 4.65. The highest BCUT2D eigenvalue weighted by Gasteiger charge is 2.16. The largest absolute Gasteiger partial charge is 0.490 e. The number of non-ortho nitro benzene ring substituents is 1. The van der Waals surface area contributed by atoms with Crippen molar-refractivity contribution in [2.75, 3.05) is 18.5 Å². The van der Waals surface area contributed by atoms with Crippen LogP contribution in [0.25, 0.3) is 11.6 Å². The molecule has 0 atom stereocenters. The first-order valence-electron chi connectivity index (χ1n) is 10.3. The highest BCUT2D eigenvalue weighted by molar-refractivity contribution is 6.32. The van der Waals surface area contributed by atoms with Gasteiger partial charge in [0.05, 0.1) is 33.9 Å². The van der Waals surface area contributed by atoms with Crippen LogP contribution in [0.4, 0.5) is 15.8 Å². The molecule has 0 aliphatic carbocycles. The molecule has 0 saturated heterocycles. The fourth-order valence-corrected chi connectivity index (χ4v) is 3.34. The second kappa shape index (κ2) is 11.6. The normalized spacial score (nSPS) is 10.9. The van der Waals surface area contributed by atoms with Gasteiger partial charge in [-0.05, 0) is 60.5 Å². The van der Waals surface area contributed by atoms with Crippen LogP contribution in [0.2, 0.25) is 5.02 Å². The molecule has 0 radical (unpaired) electrons. The fourth-order valence-electron chi connectivity index (χ4n) is 3.07. The second-order valence-electron chi connectivity index (χ2n) is 7.05. The van der Waals surface area contributed by atoms with Gasteiger partial charge in [-0.15, -0.1) is 0 Å². The van der Waals surface area contributed by atoms with E-state index in [1.807, 2.05) is 0 Å². The third-order valence-corrected chi connectivity index (χ3v) is 4.93. The molecule has 3 aromatic carbocycles. The summed E-state index contributed by atoms with van der Waals surface area (Å²) in [6.45, 7) is 1.58. The van der Waals surface area contributed by atoms with Crippen LogP contribution in [0, 0.1) is 27.3 Å². The van der Waals surface area contributed by atoms with Crippen LogP contribution >= 0.6 is 11.6 Å². The number of nitriles is 1. The minimum absolute atomic E-state index is 0.0213. The summed E-state index contributed by atoms with van der Waals surface area (Å²) in [5.41, 5.74) is 1.17. The number of para-hydroxylation sites is 1. The first kappa shape index (κ1) is 25.2. The average molecular weight is 496 g/mol. The third kappa shape index (κ3) is 6.56. The van der Waals surface area contributed by atoms with Gasteiger partial charge in [-0.25, -0.2) is 4.39 Å². The summed E-state index contributed by atoms with van der Waals surface area (Å²) in [6.07, 6.45) is 1.55. The number of hydrogen-bond acceptors (Lipinski definition) is 6. The maximum absolute atomic E-state index is 13.7. The van der Waals surface area contributed by atoms with E-state index in [1.165, 1.54) is 48.5 Å². The average Bonchev–Trinajstić information content (AvgIpc) is 2.83. The standard InChI is InChI=1S/C25H19ClFN3O5/c1-2-34-23-13-16(11-18(14-28)17-7-9-19(10-8-17)30(32)33)12-20(26)25(23)35-15-24(31)29-22-6-4-3-5-21(22)27/h3-13H,2,15H2,1H3,(H,29,31)/b18-11+. The Morgan fingerprint density at radius 2 is 1.91 bits per heavy atom. The Hall–Kier alpha value is -4.42. The van der Waals surface area contributed by atoms with E-state index in [-0.39, 0.29) is 40.1 Å². The zero-order valence-corrected chi connectivity index (χ0v) is 19.2. The number of ether oxygens (including phenoxy) is 2. The summed E-state index contributed by atoms with van der Waals surface area (Å²) in [4.78, 5) is 22.6. The number of hydrogen-bond donors (Lipinski definition) is 1. The maximum atomic E-state index is 13.7. The lowest BCUT2D eigenvalue weighted by Crippen LogP contribution is -2.21. The van der Waals surface area contributed by atoms with Gasteiger partial charge in [0.15, 0.2) is 18.1 Å². The quantitative estimate of drug-likeness (QED) is 0.172. The minimum atomic E-state index is -0.595. The van der Waals surface area contributed by atoms with Gasteiger partial charge in [0.25, 0.3) is 11.6 Å². The van der Waals surface area contributed by atoms with Crippen LogP contribution in [-0.2, 0) is 4.79 Å². The van der Waals surface area contributed by atoms with Crippen molar-refractivity contribution in [2.45, 2.75) is 6.92 Å². The maximum Gasteiger partial charge on any atom is 0.269 e. The zero-order valence-electron chi connectivity index (χ0n) is 18.5. The monoisotopic (exact) mass is 495 g/mol. The van der Waals surface area contributed by atoms with Crippen molar-refractivity contribution in [3.63, 3.8) is 0 Å². The molecule has 0 aromatic heterocycles. The first-order valence-corrected chi connectivity index (χ1v) is 10.7. The number of nitro groups is 1. The fraction of sp³-hybridized carbons (Fsp3) is 0.120. The van der Waals surface area contributed by atoms with Crippen LogP contribution in [-0.4, -0.2) is 24.0 Å². The van der Waals surface area contributed by atoms with Gasteiger partial charge in [-0.2, -0.15) is 5.26 Å². The first-order chi connectivity index (χ1) is 16.8. The molecule has 0 spiro atoms. The molecule has 0 unspecified atom stereocenters. The molecule has 1 N–H and O–H groups in total. The van der Waals surface area contributed by atoms with Gasteiger partial charge in [0, 0.05) is 12.1 Å². The van der Waals surface area contributed by atoms with E-state index in [4.69, 9.17) is 21.1 Å². The van der Waals surface area contributed by atoms with Gasteiger partial charge in [0.2, 0.25) is 0 Å². The van der Waals surface area contributed by atoms with Crippen molar-refractivity contribution in [3.8, 4) is 17.6 Å². The van der Waals surface area contributed by atoms with Crippen molar-refractivity contribution in [2.24, 2.45) is 0 Å². The molecule has 3 aromatic rings. The summed E-state index contributed by atoms with van der Waals surface area (Å²) < 4.78 is 24.9. The molecule has 10 heteroatoms. The van der Waals surface area contributed by atoms with Crippen LogP contribution < -0.4 is 14.8 Å². The number of carbonyl (C=O) groups excluding carboxylic acids is 1. The van der Waals surface area contributed by atoms with E-state index in [9.17, 15) is 24.6 Å². The lowest BCUT2D eigenvalue weighted by atomic mass is 10.0. The van der Waals surface area contributed by atoms with Crippen molar-refractivity contribution in [1.82, 2.24) is 0 Å². The number of amides is 1. The van der Waals surface area contributed by atoms with E-state index < -0.39 is 23.3 Å². The molecule has 1 amide bonds. The molecule has 0 fully saturated rings. The molecule has 3 rings (SSSR count). The Bertz CT molecular complexity index is 1320.